The van der Waals surface area contributed by atoms with Crippen molar-refractivity contribution >= 4 is 22.6 Å². The van der Waals surface area contributed by atoms with Crippen LogP contribution in [0.25, 0.3) is 16.7 Å². The maximum Gasteiger partial charge on any atom is 0.431 e. The quantitative estimate of drug-likeness (QED) is 0.616. The second kappa shape index (κ2) is 6.61. The number of hydrogen-bond donors (Lipinski definition) is 1. The maximum atomic E-state index is 14.6. The van der Waals surface area contributed by atoms with Crippen LogP contribution in [0.2, 0.25) is 5.02 Å². The smallest absolute Gasteiger partial charge is 0.340 e. The monoisotopic (exact) mass is 444 g/mol. The van der Waals surface area contributed by atoms with Gasteiger partial charge in [0.15, 0.2) is 5.82 Å². The van der Waals surface area contributed by atoms with Gasteiger partial charge in [-0.05, 0) is 6.07 Å². The average Bonchev–Trinajstić information content (AvgIpc) is 2.94. The van der Waals surface area contributed by atoms with E-state index in [2.05, 4.69) is 9.97 Å². The van der Waals surface area contributed by atoms with Crippen LogP contribution in [-0.4, -0.2) is 25.3 Å². The van der Waals surface area contributed by atoms with Crippen LogP contribution in [0.5, 0.6) is 0 Å². The summed E-state index contributed by atoms with van der Waals surface area (Å²) in [6.45, 7) is 0. The number of aromatic amines is 1. The molecular weight excluding hydrogens is 437 g/mol. The Morgan fingerprint density at radius 1 is 1.14 bits per heavy atom. The third-order valence-corrected chi connectivity index (χ3v) is 4.19. The molecule has 0 spiro atoms. The van der Waals surface area contributed by atoms with E-state index >= 15 is 0 Å². The lowest BCUT2D eigenvalue weighted by atomic mass is 10.2. The molecule has 0 fully saturated rings. The number of benzene rings is 1. The molecule has 0 atom stereocenters. The van der Waals surface area contributed by atoms with E-state index in [1.54, 1.807) is 0 Å². The van der Waals surface area contributed by atoms with Crippen molar-refractivity contribution in [3.63, 3.8) is 0 Å². The first-order valence-corrected chi connectivity index (χ1v) is 7.92. The molecule has 14 heteroatoms. The van der Waals surface area contributed by atoms with Crippen LogP contribution < -0.4 is 11.2 Å². The van der Waals surface area contributed by atoms with Gasteiger partial charge in [-0.15, -0.1) is 0 Å². The molecule has 6 nitrogen and oxygen atoms in total. The fraction of sp³-hybridized carbons (Fsp3) is 0.267. The van der Waals surface area contributed by atoms with Gasteiger partial charge in [-0.25, -0.2) is 18.7 Å². The lowest BCUT2D eigenvalue weighted by Gasteiger charge is -2.14. The molecule has 0 saturated heterocycles. The van der Waals surface area contributed by atoms with Crippen molar-refractivity contribution in [3.05, 3.63) is 55.3 Å². The molecule has 2 aromatic heterocycles. The van der Waals surface area contributed by atoms with Crippen LogP contribution in [0.3, 0.4) is 0 Å². The maximum absolute atomic E-state index is 14.6. The molecule has 29 heavy (non-hydrogen) atoms. The summed E-state index contributed by atoms with van der Waals surface area (Å²) < 4.78 is 91.5. The number of fused-ring (bicyclic) bond motifs is 1. The molecule has 0 radical (unpaired) electrons. The van der Waals surface area contributed by atoms with Gasteiger partial charge in [-0.3, -0.25) is 9.36 Å². The number of imidazole rings is 1. The minimum absolute atomic E-state index is 0.0543. The second-order valence-electron chi connectivity index (χ2n) is 5.93. The molecule has 0 aliphatic heterocycles. The Kier molecular flexibility index (Phi) is 4.76. The molecule has 156 valence electrons. The number of alkyl halides is 6. The summed E-state index contributed by atoms with van der Waals surface area (Å²) in [5.74, 6) is -2.03. The zero-order valence-corrected chi connectivity index (χ0v) is 14.8. The lowest BCUT2D eigenvalue weighted by Crippen LogP contribution is -2.41. The van der Waals surface area contributed by atoms with Crippen LogP contribution in [-0.2, 0) is 19.6 Å². The first-order valence-electron chi connectivity index (χ1n) is 7.54. The predicted molar refractivity (Wildman–Crippen MR) is 86.7 cm³/mol. The van der Waals surface area contributed by atoms with Crippen molar-refractivity contribution in [1.82, 2.24) is 19.1 Å². The molecule has 0 aliphatic carbocycles. The van der Waals surface area contributed by atoms with E-state index in [9.17, 15) is 40.3 Å². The summed E-state index contributed by atoms with van der Waals surface area (Å²) in [7, 11) is 0.703. The summed E-state index contributed by atoms with van der Waals surface area (Å²) >= 11 is 5.78. The number of H-pyrrole nitrogens is 1. The number of aromatic nitrogens is 4. The fourth-order valence-corrected chi connectivity index (χ4v) is 2.96. The van der Waals surface area contributed by atoms with E-state index < -0.39 is 69.1 Å². The highest BCUT2D eigenvalue weighted by atomic mass is 35.5. The zero-order valence-electron chi connectivity index (χ0n) is 14.0. The highest BCUT2D eigenvalue weighted by Gasteiger charge is 2.36. The van der Waals surface area contributed by atoms with Crippen LogP contribution >= 0.6 is 11.6 Å². The van der Waals surface area contributed by atoms with Gasteiger partial charge in [-0.1, -0.05) is 11.6 Å². The SMILES string of the molecule is Cn1c(C(F)(F)F)cc(=O)n(-c2c(F)cc(Cl)c3nc(CC(F)(F)F)[nH]c23)c1=O. The van der Waals surface area contributed by atoms with Crippen molar-refractivity contribution in [2.45, 2.75) is 18.8 Å². The van der Waals surface area contributed by atoms with Gasteiger partial charge in [0.05, 0.1) is 10.5 Å². The summed E-state index contributed by atoms with van der Waals surface area (Å²) in [6, 6.07) is 0.648. The van der Waals surface area contributed by atoms with E-state index in [0.29, 0.717) is 13.1 Å². The Balaban J connectivity index is 2.38. The minimum Gasteiger partial charge on any atom is -0.340 e. The largest absolute Gasteiger partial charge is 0.431 e. The first-order chi connectivity index (χ1) is 13.2. The molecule has 3 rings (SSSR count). The highest BCUT2D eigenvalue weighted by molar-refractivity contribution is 6.35. The zero-order chi connectivity index (χ0) is 21.9. The van der Waals surface area contributed by atoms with Crippen LogP contribution in [0.4, 0.5) is 30.7 Å². The molecule has 2 heterocycles. The fourth-order valence-electron chi connectivity index (χ4n) is 2.73. The van der Waals surface area contributed by atoms with Gasteiger partial charge in [0.2, 0.25) is 0 Å². The van der Waals surface area contributed by atoms with Crippen molar-refractivity contribution in [2.75, 3.05) is 0 Å². The average molecular weight is 445 g/mol. The Morgan fingerprint density at radius 3 is 2.31 bits per heavy atom. The number of halogens is 8. The third-order valence-electron chi connectivity index (χ3n) is 3.90. The number of hydrogen-bond acceptors (Lipinski definition) is 3. The van der Waals surface area contributed by atoms with E-state index in [-0.39, 0.29) is 15.2 Å². The summed E-state index contributed by atoms with van der Waals surface area (Å²) in [4.78, 5) is 30.3. The molecule has 3 aromatic rings. The van der Waals surface area contributed by atoms with Crippen molar-refractivity contribution in [2.24, 2.45) is 7.05 Å². The summed E-state index contributed by atoms with van der Waals surface area (Å²) in [5.41, 5.74) is -6.54. The predicted octanol–water partition coefficient (Wildman–Crippen LogP) is 3.33. The Bertz CT molecular complexity index is 1240. The Hall–Kier alpha value is -2.83. The van der Waals surface area contributed by atoms with Gasteiger partial charge < -0.3 is 4.98 Å². The van der Waals surface area contributed by atoms with Crippen molar-refractivity contribution in [3.8, 4) is 5.69 Å². The van der Waals surface area contributed by atoms with Crippen molar-refractivity contribution in [1.29, 1.82) is 0 Å². The van der Waals surface area contributed by atoms with E-state index in [4.69, 9.17) is 11.6 Å². The molecule has 0 unspecified atom stereocenters. The van der Waals surface area contributed by atoms with Crippen LogP contribution in [0, 0.1) is 5.82 Å². The number of nitrogens with one attached hydrogen (secondary N) is 1. The lowest BCUT2D eigenvalue weighted by molar-refractivity contribution is -0.144. The normalized spacial score (nSPS) is 12.7. The Labute approximate surface area is 160 Å². The van der Waals surface area contributed by atoms with E-state index in [0.717, 1.165) is 0 Å². The van der Waals surface area contributed by atoms with Gasteiger partial charge in [0.25, 0.3) is 5.56 Å². The third kappa shape index (κ3) is 3.73. The van der Waals surface area contributed by atoms with E-state index in [1.165, 1.54) is 0 Å². The summed E-state index contributed by atoms with van der Waals surface area (Å²) in [5, 5.41) is -0.428. The summed E-state index contributed by atoms with van der Waals surface area (Å²) in [6.07, 6.45) is -11.3. The highest BCUT2D eigenvalue weighted by Crippen LogP contribution is 2.31. The standard InChI is InChI=1S/C15H8ClF7N4O2/c1-26-7(15(21,22)23)3-9(28)27(13(26)29)12-6(17)2-5(16)10-11(12)25-8(24-10)4-14(18,19)20/h2-3H,4H2,1H3,(H,24,25). The minimum atomic E-state index is -5.05. The molecule has 0 bridgehead atoms. The van der Waals surface area contributed by atoms with Gasteiger partial charge >= 0.3 is 18.0 Å². The molecule has 1 aromatic carbocycles. The van der Waals surface area contributed by atoms with E-state index in [1.807, 2.05) is 0 Å². The molecule has 0 amide bonds. The first kappa shape index (κ1) is 20.9. The number of rotatable bonds is 2. The van der Waals surface area contributed by atoms with Crippen LogP contribution in [0.1, 0.15) is 11.5 Å². The van der Waals surface area contributed by atoms with Crippen LogP contribution in [0.15, 0.2) is 21.7 Å². The van der Waals surface area contributed by atoms with Gasteiger partial charge in [0, 0.05) is 13.1 Å². The number of nitrogens with zero attached hydrogens (tertiary/aromatic N) is 3. The Morgan fingerprint density at radius 2 is 1.76 bits per heavy atom. The molecule has 0 saturated carbocycles. The van der Waals surface area contributed by atoms with Gasteiger partial charge in [0.1, 0.15) is 29.1 Å². The van der Waals surface area contributed by atoms with Gasteiger partial charge in [-0.2, -0.15) is 26.3 Å². The molecule has 0 aliphatic rings. The molecular formula is C15H8ClF7N4O2. The second-order valence-corrected chi connectivity index (χ2v) is 6.34. The van der Waals surface area contributed by atoms with Crippen molar-refractivity contribution < 1.29 is 30.7 Å². The molecule has 1 N–H and O–H groups in total. The topological polar surface area (TPSA) is 72.7 Å².